The van der Waals surface area contributed by atoms with Crippen molar-refractivity contribution in [2.24, 2.45) is 11.5 Å². The van der Waals surface area contributed by atoms with Crippen molar-refractivity contribution in [3.8, 4) is 11.5 Å². The molecule has 0 unspecified atom stereocenters. The van der Waals surface area contributed by atoms with E-state index in [2.05, 4.69) is 15.7 Å². The fourth-order valence-corrected chi connectivity index (χ4v) is 1.75. The number of unbranched alkanes of at least 4 members (excludes halogenated alkanes) is 1. The molecule has 0 radical (unpaired) electrons. The van der Waals surface area contributed by atoms with Gasteiger partial charge >= 0.3 is 0 Å². The largest absolute Gasteiger partial charge is 0.492 e. The maximum atomic E-state index is 7.26. The molecule has 2 aromatic rings. The number of ether oxygens (including phenoxy) is 2. The van der Waals surface area contributed by atoms with Crippen LogP contribution in [0.1, 0.15) is 24.2 Å². The van der Waals surface area contributed by atoms with Gasteiger partial charge in [0.05, 0.1) is 31.9 Å². The number of rotatable bonds is 8. The van der Waals surface area contributed by atoms with E-state index in [4.69, 9.17) is 26.0 Å². The van der Waals surface area contributed by atoms with Crippen LogP contribution in [0.4, 0.5) is 0 Å². The number of nitrogens with one attached hydrogen (secondary N) is 2. The number of nitrogen functional groups attached to an aromatic ring is 1. The minimum absolute atomic E-state index is 0.0469. The van der Waals surface area contributed by atoms with Crippen molar-refractivity contribution in [3.05, 3.63) is 48.0 Å². The monoisotopic (exact) mass is 344 g/mol. The Kier molecular flexibility index (Phi) is 9.06. The minimum Gasteiger partial charge on any atom is -0.492 e. The summed E-state index contributed by atoms with van der Waals surface area (Å²) >= 11 is 0. The highest BCUT2D eigenvalue weighted by molar-refractivity contribution is 5.92. The number of nitrogens with zero attached hydrogens (tertiary/aromatic N) is 2. The van der Waals surface area contributed by atoms with Gasteiger partial charge in [-0.05, 0) is 44.0 Å². The fraction of sp³-hybridized carbons (Fsp3) is 0.294. The van der Waals surface area contributed by atoms with Gasteiger partial charge in [-0.15, -0.1) is 0 Å². The Morgan fingerprint density at radius 3 is 1.96 bits per heavy atom. The Bertz CT molecular complexity index is 643. The Morgan fingerprint density at radius 1 is 1.04 bits per heavy atom. The summed E-state index contributed by atoms with van der Waals surface area (Å²) in [7, 11) is 0. The number of pyridine rings is 2. The maximum Gasteiger partial charge on any atom is 0.141 e. The number of hydrogen-bond acceptors (Lipinski definition) is 6. The predicted octanol–water partition coefficient (Wildman–Crippen LogP) is 1.86. The first-order chi connectivity index (χ1) is 12.1. The molecule has 0 amide bonds. The molecular weight excluding hydrogens is 320 g/mol. The Balaban J connectivity index is 0.000000970. The van der Waals surface area contributed by atoms with Crippen LogP contribution in [0, 0.1) is 17.7 Å². The first kappa shape index (κ1) is 19.9. The quantitative estimate of drug-likeness (QED) is 0.327. The zero-order valence-corrected chi connectivity index (χ0v) is 14.2. The summed E-state index contributed by atoms with van der Waals surface area (Å²) in [4.78, 5) is 8.21. The molecule has 0 bridgehead atoms. The van der Waals surface area contributed by atoms with Crippen LogP contribution in [0.15, 0.2) is 36.7 Å². The Labute approximate surface area is 147 Å². The summed E-state index contributed by atoms with van der Waals surface area (Å²) in [5.74, 6) is 1.42. The van der Waals surface area contributed by atoms with Crippen molar-refractivity contribution in [3.63, 3.8) is 0 Å². The minimum atomic E-state index is -0.0469. The van der Waals surface area contributed by atoms with Crippen molar-refractivity contribution in [2.45, 2.75) is 19.8 Å². The van der Waals surface area contributed by atoms with Crippen LogP contribution in [0.25, 0.3) is 0 Å². The second-order valence-corrected chi connectivity index (χ2v) is 5.00. The lowest BCUT2D eigenvalue weighted by atomic mass is 10.3. The molecule has 0 aliphatic heterocycles. The van der Waals surface area contributed by atoms with Crippen LogP contribution in [-0.4, -0.2) is 35.4 Å². The number of aromatic nitrogens is 2. The zero-order valence-electron chi connectivity index (χ0n) is 14.2. The van der Waals surface area contributed by atoms with Crippen LogP contribution < -0.4 is 20.9 Å². The van der Waals surface area contributed by atoms with Crippen LogP contribution in [0.5, 0.6) is 11.5 Å². The smallest absolute Gasteiger partial charge is 0.141 e. The van der Waals surface area contributed by atoms with Gasteiger partial charge < -0.3 is 20.9 Å². The van der Waals surface area contributed by atoms with E-state index in [1.807, 2.05) is 19.1 Å². The predicted molar refractivity (Wildman–Crippen MR) is 97.4 cm³/mol. The standard InChI is InChI=1S/C16H20N4O2.CH4N2/c1-12-4-5-13(10-19-12)21-8-2-3-9-22-14-6-7-15(16(17)18)20-11-14;2-1-3/h4-7,10-11H,2-3,8-9H2,1H3,(H3,17,18);1H,(H3,2,3). The normalized spacial score (nSPS) is 9.48. The zero-order chi connectivity index (χ0) is 18.5. The van der Waals surface area contributed by atoms with Crippen LogP contribution in [0.2, 0.25) is 0 Å². The first-order valence-electron chi connectivity index (χ1n) is 7.76. The topological polar surface area (TPSA) is 144 Å². The summed E-state index contributed by atoms with van der Waals surface area (Å²) in [6, 6.07) is 7.28. The molecule has 2 heterocycles. The highest BCUT2D eigenvalue weighted by atomic mass is 16.5. The molecule has 2 rings (SSSR count). The van der Waals surface area contributed by atoms with Crippen LogP contribution in [0.3, 0.4) is 0 Å². The number of hydrogen-bond donors (Lipinski definition) is 4. The van der Waals surface area contributed by atoms with E-state index < -0.39 is 0 Å². The molecule has 6 N–H and O–H groups in total. The molecule has 0 saturated carbocycles. The average Bonchev–Trinajstić information content (AvgIpc) is 2.60. The molecule has 0 aliphatic rings. The van der Waals surface area contributed by atoms with Crippen molar-refractivity contribution in [2.75, 3.05) is 13.2 Å². The molecule has 8 nitrogen and oxygen atoms in total. The Morgan fingerprint density at radius 2 is 1.56 bits per heavy atom. The summed E-state index contributed by atoms with van der Waals surface area (Å²) in [6.07, 6.45) is 5.83. The summed E-state index contributed by atoms with van der Waals surface area (Å²) < 4.78 is 11.2. The van der Waals surface area contributed by atoms with Gasteiger partial charge in [0.2, 0.25) is 0 Å². The fourth-order valence-electron chi connectivity index (χ4n) is 1.75. The molecule has 0 aromatic carbocycles. The molecule has 134 valence electrons. The summed E-state index contributed by atoms with van der Waals surface area (Å²) in [6.45, 7) is 3.17. The molecule has 0 aliphatic carbocycles. The second-order valence-electron chi connectivity index (χ2n) is 5.00. The Hall–Kier alpha value is -3.16. The van der Waals surface area contributed by atoms with E-state index in [9.17, 15) is 0 Å². The van der Waals surface area contributed by atoms with Gasteiger partial charge in [0.1, 0.15) is 23.0 Å². The molecule has 25 heavy (non-hydrogen) atoms. The van der Waals surface area contributed by atoms with Gasteiger partial charge in [0, 0.05) is 5.69 Å². The lowest BCUT2D eigenvalue weighted by molar-refractivity contribution is 0.265. The van der Waals surface area contributed by atoms with Gasteiger partial charge in [-0.1, -0.05) is 0 Å². The van der Waals surface area contributed by atoms with Crippen molar-refractivity contribution >= 4 is 12.2 Å². The lowest BCUT2D eigenvalue weighted by Gasteiger charge is -2.08. The SMILES string of the molecule is Cc1ccc(OCCCCOc2ccc(C(=N)N)nc2)cn1.N=CN. The van der Waals surface area contributed by atoms with E-state index in [-0.39, 0.29) is 5.84 Å². The van der Waals surface area contributed by atoms with Gasteiger partial charge in [0.25, 0.3) is 0 Å². The molecular formula is C17H24N6O2. The third kappa shape index (κ3) is 8.31. The highest BCUT2D eigenvalue weighted by Gasteiger charge is 1.99. The number of nitrogens with two attached hydrogens (primary N) is 2. The number of amidine groups is 1. The third-order valence-corrected chi connectivity index (χ3v) is 2.97. The van der Waals surface area contributed by atoms with E-state index in [0.717, 1.165) is 30.6 Å². The van der Waals surface area contributed by atoms with Gasteiger partial charge in [0.15, 0.2) is 0 Å². The third-order valence-electron chi connectivity index (χ3n) is 2.97. The van der Waals surface area contributed by atoms with Gasteiger partial charge in [-0.3, -0.25) is 15.8 Å². The molecule has 0 fully saturated rings. The highest BCUT2D eigenvalue weighted by Crippen LogP contribution is 2.11. The van der Waals surface area contributed by atoms with Crippen molar-refractivity contribution in [1.29, 1.82) is 10.8 Å². The van der Waals surface area contributed by atoms with E-state index >= 15 is 0 Å². The average molecular weight is 344 g/mol. The summed E-state index contributed by atoms with van der Waals surface area (Å²) in [5, 5.41) is 13.1. The molecule has 0 saturated heterocycles. The molecule has 8 heteroatoms. The lowest BCUT2D eigenvalue weighted by Crippen LogP contribution is -2.12. The first-order valence-corrected chi connectivity index (χ1v) is 7.76. The van der Waals surface area contributed by atoms with Crippen molar-refractivity contribution < 1.29 is 9.47 Å². The van der Waals surface area contributed by atoms with Crippen LogP contribution in [-0.2, 0) is 0 Å². The maximum absolute atomic E-state index is 7.26. The van der Waals surface area contributed by atoms with E-state index in [1.165, 1.54) is 0 Å². The van der Waals surface area contributed by atoms with Gasteiger partial charge in [-0.25, -0.2) is 4.98 Å². The summed E-state index contributed by atoms with van der Waals surface area (Å²) in [5.41, 5.74) is 11.2. The molecule has 0 atom stereocenters. The number of aryl methyl sites for hydroxylation is 1. The second kappa shape index (κ2) is 11.4. The van der Waals surface area contributed by atoms with Crippen LogP contribution >= 0.6 is 0 Å². The van der Waals surface area contributed by atoms with E-state index in [1.54, 1.807) is 24.5 Å². The molecule has 2 aromatic heterocycles. The van der Waals surface area contributed by atoms with Gasteiger partial charge in [-0.2, -0.15) is 0 Å². The molecule has 0 spiro atoms. The van der Waals surface area contributed by atoms with Crippen molar-refractivity contribution in [1.82, 2.24) is 9.97 Å². The van der Waals surface area contributed by atoms with E-state index in [0.29, 0.717) is 24.7 Å².